The average molecular weight is 404 g/mol. The smallest absolute Gasteiger partial charge is 0.255 e. The first-order valence-electron chi connectivity index (χ1n) is 9.56. The molecule has 0 aromatic heterocycles. The highest BCUT2D eigenvalue weighted by molar-refractivity contribution is 6.04. The van der Waals surface area contributed by atoms with Crippen LogP contribution >= 0.6 is 0 Å². The van der Waals surface area contributed by atoms with Crippen LogP contribution < -0.4 is 20.1 Å². The minimum absolute atomic E-state index is 0.101. The van der Waals surface area contributed by atoms with Gasteiger partial charge in [0.2, 0.25) is 5.91 Å². The van der Waals surface area contributed by atoms with Crippen LogP contribution in [-0.4, -0.2) is 26.0 Å². The van der Waals surface area contributed by atoms with Crippen molar-refractivity contribution in [1.82, 2.24) is 0 Å². The number of carbonyl (C=O) groups is 2. The average Bonchev–Trinajstić information content (AvgIpc) is 2.79. The van der Waals surface area contributed by atoms with E-state index in [0.717, 1.165) is 17.1 Å². The molecule has 0 unspecified atom stereocenters. The number of benzene rings is 3. The second-order valence-corrected chi connectivity index (χ2v) is 6.62. The van der Waals surface area contributed by atoms with Gasteiger partial charge in [0.15, 0.2) is 0 Å². The van der Waals surface area contributed by atoms with Crippen molar-refractivity contribution in [1.29, 1.82) is 0 Å². The summed E-state index contributed by atoms with van der Waals surface area (Å²) in [6.07, 6.45) is 0.915. The lowest BCUT2D eigenvalue weighted by atomic mass is 10.1. The molecule has 3 rings (SSSR count). The van der Waals surface area contributed by atoms with Gasteiger partial charge in [-0.05, 0) is 66.6 Å². The molecule has 6 nitrogen and oxygen atoms in total. The van der Waals surface area contributed by atoms with Gasteiger partial charge in [-0.1, -0.05) is 18.2 Å². The van der Waals surface area contributed by atoms with Crippen molar-refractivity contribution in [3.05, 3.63) is 83.9 Å². The number of hydrogen-bond acceptors (Lipinski definition) is 4. The molecule has 2 amide bonds. The summed E-state index contributed by atoms with van der Waals surface area (Å²) in [5, 5.41) is 5.68. The molecule has 154 valence electrons. The maximum Gasteiger partial charge on any atom is 0.255 e. The Hall–Kier alpha value is -3.80. The van der Waals surface area contributed by atoms with Gasteiger partial charge in [-0.25, -0.2) is 0 Å². The molecular weight excluding hydrogens is 380 g/mol. The van der Waals surface area contributed by atoms with Gasteiger partial charge in [-0.2, -0.15) is 0 Å². The molecule has 0 spiro atoms. The van der Waals surface area contributed by atoms with E-state index in [1.54, 1.807) is 62.8 Å². The van der Waals surface area contributed by atoms with Crippen molar-refractivity contribution in [2.75, 3.05) is 24.9 Å². The minimum atomic E-state index is -0.228. The molecule has 3 aromatic carbocycles. The summed E-state index contributed by atoms with van der Waals surface area (Å²) in [6.45, 7) is 0. The number of aryl methyl sites for hydroxylation is 1. The molecule has 30 heavy (non-hydrogen) atoms. The molecule has 0 aliphatic heterocycles. The van der Waals surface area contributed by atoms with Crippen LogP contribution in [0.2, 0.25) is 0 Å². The van der Waals surface area contributed by atoms with Crippen molar-refractivity contribution >= 4 is 23.2 Å². The topological polar surface area (TPSA) is 76.7 Å². The van der Waals surface area contributed by atoms with Crippen LogP contribution in [0.5, 0.6) is 11.5 Å². The fourth-order valence-corrected chi connectivity index (χ4v) is 2.96. The first kappa shape index (κ1) is 20.9. The summed E-state index contributed by atoms with van der Waals surface area (Å²) >= 11 is 0. The van der Waals surface area contributed by atoms with E-state index in [4.69, 9.17) is 9.47 Å². The monoisotopic (exact) mass is 404 g/mol. The Morgan fingerprint density at radius 3 is 2.07 bits per heavy atom. The summed E-state index contributed by atoms with van der Waals surface area (Å²) in [5.41, 5.74) is 2.80. The van der Waals surface area contributed by atoms with Crippen LogP contribution in [0.1, 0.15) is 22.3 Å². The van der Waals surface area contributed by atoms with Gasteiger partial charge in [0.05, 0.1) is 14.2 Å². The van der Waals surface area contributed by atoms with Crippen LogP contribution in [-0.2, 0) is 11.2 Å². The van der Waals surface area contributed by atoms with E-state index in [1.807, 2.05) is 24.3 Å². The number of hydrogen-bond donors (Lipinski definition) is 2. The third-order valence-corrected chi connectivity index (χ3v) is 4.59. The van der Waals surface area contributed by atoms with Crippen LogP contribution in [0.3, 0.4) is 0 Å². The lowest BCUT2D eigenvalue weighted by Gasteiger charge is -2.09. The summed E-state index contributed by atoms with van der Waals surface area (Å²) < 4.78 is 10.4. The van der Waals surface area contributed by atoms with Crippen LogP contribution in [0.25, 0.3) is 0 Å². The van der Waals surface area contributed by atoms with E-state index in [1.165, 1.54) is 0 Å². The first-order chi connectivity index (χ1) is 14.6. The maximum atomic E-state index is 12.4. The minimum Gasteiger partial charge on any atom is -0.497 e. The zero-order chi connectivity index (χ0) is 21.3. The third kappa shape index (κ3) is 5.61. The zero-order valence-electron chi connectivity index (χ0n) is 17.0. The third-order valence-electron chi connectivity index (χ3n) is 4.59. The van der Waals surface area contributed by atoms with Crippen molar-refractivity contribution in [2.24, 2.45) is 0 Å². The number of amides is 2. The molecule has 0 saturated carbocycles. The summed E-state index contributed by atoms with van der Waals surface area (Å²) in [7, 11) is 3.21. The lowest BCUT2D eigenvalue weighted by Crippen LogP contribution is -2.14. The van der Waals surface area contributed by atoms with E-state index in [9.17, 15) is 9.59 Å². The normalized spacial score (nSPS) is 10.2. The van der Waals surface area contributed by atoms with Crippen molar-refractivity contribution in [2.45, 2.75) is 12.8 Å². The molecule has 0 radical (unpaired) electrons. The SMILES string of the molecule is COc1ccc(NC(=O)c2ccc(NC(=O)CCc3ccccc3OC)cc2)cc1. The van der Waals surface area contributed by atoms with Gasteiger partial charge >= 0.3 is 0 Å². The van der Waals surface area contributed by atoms with Gasteiger partial charge in [-0.3, -0.25) is 9.59 Å². The fraction of sp³-hybridized carbons (Fsp3) is 0.167. The number of rotatable bonds is 8. The Balaban J connectivity index is 1.53. The number of anilines is 2. The largest absolute Gasteiger partial charge is 0.497 e. The molecular formula is C24H24N2O4. The molecule has 3 aromatic rings. The zero-order valence-corrected chi connectivity index (χ0v) is 17.0. The number of carbonyl (C=O) groups excluding carboxylic acids is 2. The molecule has 0 bridgehead atoms. The highest BCUT2D eigenvalue weighted by Gasteiger charge is 2.09. The second-order valence-electron chi connectivity index (χ2n) is 6.62. The highest BCUT2D eigenvalue weighted by atomic mass is 16.5. The van der Waals surface area contributed by atoms with Crippen molar-refractivity contribution in [3.8, 4) is 11.5 Å². The maximum absolute atomic E-state index is 12.4. The Morgan fingerprint density at radius 2 is 1.40 bits per heavy atom. The van der Waals surface area contributed by atoms with Crippen molar-refractivity contribution < 1.29 is 19.1 Å². The second kappa shape index (κ2) is 10.1. The summed E-state index contributed by atoms with van der Waals surface area (Å²) in [4.78, 5) is 24.6. The predicted octanol–water partition coefficient (Wildman–Crippen LogP) is 4.53. The summed E-state index contributed by atoms with van der Waals surface area (Å²) in [5.74, 6) is 1.17. The van der Waals surface area contributed by atoms with Crippen LogP contribution in [0.15, 0.2) is 72.8 Å². The van der Waals surface area contributed by atoms with Crippen LogP contribution in [0, 0.1) is 0 Å². The highest BCUT2D eigenvalue weighted by Crippen LogP contribution is 2.20. The summed E-state index contributed by atoms with van der Waals surface area (Å²) in [6, 6.07) is 21.5. The molecule has 0 heterocycles. The van der Waals surface area contributed by atoms with Gasteiger partial charge in [0.25, 0.3) is 5.91 Å². The Kier molecular flexibility index (Phi) is 7.05. The molecule has 0 atom stereocenters. The van der Waals surface area contributed by atoms with E-state index < -0.39 is 0 Å². The molecule has 0 aliphatic rings. The van der Waals surface area contributed by atoms with Gasteiger partial charge < -0.3 is 20.1 Å². The van der Waals surface area contributed by atoms with Crippen molar-refractivity contribution in [3.63, 3.8) is 0 Å². The van der Waals surface area contributed by atoms with E-state index >= 15 is 0 Å². The molecule has 0 fully saturated rings. The number of para-hydroxylation sites is 1. The number of nitrogens with one attached hydrogen (secondary N) is 2. The van der Waals surface area contributed by atoms with Gasteiger partial charge in [0.1, 0.15) is 11.5 Å². The molecule has 6 heteroatoms. The quantitative estimate of drug-likeness (QED) is 0.578. The standard InChI is InChI=1S/C24H24N2O4/c1-29-21-14-12-20(13-15-21)26-24(28)18-7-10-19(11-8-18)25-23(27)16-9-17-5-3-4-6-22(17)30-2/h3-8,10-15H,9,16H2,1-2H3,(H,25,27)(H,26,28). The Labute approximate surface area is 175 Å². The molecule has 2 N–H and O–H groups in total. The van der Waals surface area contributed by atoms with E-state index in [2.05, 4.69) is 10.6 Å². The Bertz CT molecular complexity index is 998. The number of methoxy groups -OCH3 is 2. The van der Waals surface area contributed by atoms with E-state index in [0.29, 0.717) is 29.8 Å². The lowest BCUT2D eigenvalue weighted by molar-refractivity contribution is -0.116. The predicted molar refractivity (Wildman–Crippen MR) is 117 cm³/mol. The first-order valence-corrected chi connectivity index (χ1v) is 9.56. The van der Waals surface area contributed by atoms with E-state index in [-0.39, 0.29) is 11.8 Å². The Morgan fingerprint density at radius 1 is 0.767 bits per heavy atom. The van der Waals surface area contributed by atoms with Crippen LogP contribution in [0.4, 0.5) is 11.4 Å². The molecule has 0 saturated heterocycles. The number of ether oxygens (including phenoxy) is 2. The molecule has 0 aliphatic carbocycles. The van der Waals surface area contributed by atoms with Gasteiger partial charge in [-0.15, -0.1) is 0 Å². The van der Waals surface area contributed by atoms with Gasteiger partial charge in [0, 0.05) is 23.4 Å². The fourth-order valence-electron chi connectivity index (χ4n) is 2.96.